The smallest absolute Gasteiger partial charge is 0.190 e. The van der Waals surface area contributed by atoms with Gasteiger partial charge in [-0.1, -0.05) is 25.6 Å². The Morgan fingerprint density at radius 2 is 2.21 bits per heavy atom. The van der Waals surface area contributed by atoms with Crippen LogP contribution in [-0.2, 0) is 17.8 Å². The Bertz CT molecular complexity index is 732. The molecule has 2 aromatic heterocycles. The Morgan fingerprint density at radius 3 is 2.88 bits per heavy atom. The normalized spacial score (nSPS) is 21.7. The number of rotatable bonds is 6. The molecule has 0 fully saturated rings. The molecule has 5 nitrogen and oxygen atoms in total. The van der Waals surface area contributed by atoms with E-state index in [1.165, 1.54) is 10.4 Å². The number of aromatic nitrogens is 2. The highest BCUT2D eigenvalue weighted by Crippen LogP contribution is 2.42. The maximum absolute atomic E-state index is 9.64. The molecule has 2 N–H and O–H groups in total. The summed E-state index contributed by atoms with van der Waals surface area (Å²) in [7, 11) is 0. The molecule has 1 aliphatic rings. The van der Waals surface area contributed by atoms with Gasteiger partial charge in [-0.3, -0.25) is 0 Å². The highest BCUT2D eigenvalue weighted by atomic mass is 32.2. The molecule has 3 heterocycles. The fraction of sp³-hybridized carbons (Fsp3) is 0.647. The molecule has 0 amide bonds. The maximum Gasteiger partial charge on any atom is 0.190 e. The van der Waals surface area contributed by atoms with Crippen LogP contribution in [0.1, 0.15) is 44.6 Å². The molecule has 2 unspecified atom stereocenters. The van der Waals surface area contributed by atoms with Crippen molar-refractivity contribution in [3.63, 3.8) is 0 Å². The van der Waals surface area contributed by atoms with Crippen molar-refractivity contribution in [2.24, 2.45) is 0 Å². The van der Waals surface area contributed by atoms with Crippen molar-refractivity contribution in [3.05, 3.63) is 10.4 Å². The van der Waals surface area contributed by atoms with Crippen molar-refractivity contribution >= 4 is 39.1 Å². The van der Waals surface area contributed by atoms with E-state index >= 15 is 0 Å². The lowest BCUT2D eigenvalue weighted by Gasteiger charge is -2.33. The van der Waals surface area contributed by atoms with Crippen molar-refractivity contribution in [1.82, 2.24) is 9.97 Å². The number of thiophene rings is 1. The fourth-order valence-electron chi connectivity index (χ4n) is 2.85. The van der Waals surface area contributed by atoms with Crippen molar-refractivity contribution in [3.8, 4) is 0 Å². The minimum atomic E-state index is -0.420. The fourth-order valence-corrected chi connectivity index (χ4v) is 4.58. The summed E-state index contributed by atoms with van der Waals surface area (Å²) in [4.78, 5) is 11.7. The average molecular weight is 368 g/mol. The molecule has 2 aromatic rings. The van der Waals surface area contributed by atoms with E-state index in [4.69, 9.17) is 14.7 Å². The average Bonchev–Trinajstić information content (AvgIpc) is 2.90. The van der Waals surface area contributed by atoms with E-state index in [-0.39, 0.29) is 5.60 Å². The Balaban J connectivity index is 2.09. The summed E-state index contributed by atoms with van der Waals surface area (Å²) in [6.45, 7) is 9.34. The van der Waals surface area contributed by atoms with E-state index in [0.29, 0.717) is 13.2 Å². The first kappa shape index (κ1) is 17.9. The molecule has 132 valence electrons. The molecule has 0 aromatic carbocycles. The largest absolute Gasteiger partial charge is 0.392 e. The summed E-state index contributed by atoms with van der Waals surface area (Å²) in [5, 5.41) is 14.9. The maximum atomic E-state index is 9.64. The van der Waals surface area contributed by atoms with E-state index in [1.54, 1.807) is 30.0 Å². The van der Waals surface area contributed by atoms with Crippen LogP contribution in [-0.4, -0.2) is 39.1 Å². The Labute approximate surface area is 151 Å². The second kappa shape index (κ2) is 7.15. The first-order chi connectivity index (χ1) is 11.5. The lowest BCUT2D eigenvalue weighted by Crippen LogP contribution is -2.34. The van der Waals surface area contributed by atoms with Crippen molar-refractivity contribution in [1.29, 1.82) is 0 Å². The van der Waals surface area contributed by atoms with E-state index in [0.717, 1.165) is 39.8 Å². The van der Waals surface area contributed by atoms with Gasteiger partial charge in [-0.15, -0.1) is 11.3 Å². The molecule has 0 saturated heterocycles. The Hall–Kier alpha value is -0.890. The molecule has 0 bridgehead atoms. The third-order valence-electron chi connectivity index (χ3n) is 4.40. The zero-order chi connectivity index (χ0) is 17.3. The van der Waals surface area contributed by atoms with Crippen LogP contribution < -0.4 is 5.32 Å². The third kappa shape index (κ3) is 3.54. The van der Waals surface area contributed by atoms with Crippen molar-refractivity contribution < 1.29 is 9.84 Å². The molecule has 0 spiro atoms. The SMILES string of the molecule is CCSc1nc(NCC(C)O)c2c3c(sc2n1)COC(C)(CC)C3. The van der Waals surface area contributed by atoms with Gasteiger partial charge in [0.2, 0.25) is 0 Å². The number of fused-ring (bicyclic) bond motifs is 3. The summed E-state index contributed by atoms with van der Waals surface area (Å²) in [6, 6.07) is 0. The summed E-state index contributed by atoms with van der Waals surface area (Å²) in [6.07, 6.45) is 1.44. The topological polar surface area (TPSA) is 67.3 Å². The summed E-state index contributed by atoms with van der Waals surface area (Å²) in [5.74, 6) is 1.78. The van der Waals surface area contributed by atoms with Gasteiger partial charge in [0.25, 0.3) is 0 Å². The van der Waals surface area contributed by atoms with Gasteiger partial charge in [0.1, 0.15) is 10.6 Å². The summed E-state index contributed by atoms with van der Waals surface area (Å²) < 4.78 is 6.08. The molecule has 24 heavy (non-hydrogen) atoms. The predicted octanol–water partition coefficient (Wildman–Crippen LogP) is 3.84. The van der Waals surface area contributed by atoms with Crippen LogP contribution in [0.15, 0.2) is 5.16 Å². The lowest BCUT2D eigenvalue weighted by atomic mass is 9.90. The van der Waals surface area contributed by atoms with Gasteiger partial charge >= 0.3 is 0 Å². The second-order valence-electron chi connectivity index (χ2n) is 6.47. The number of ether oxygens (including phenoxy) is 1. The Kier molecular flexibility index (Phi) is 5.34. The first-order valence-electron chi connectivity index (χ1n) is 8.46. The highest BCUT2D eigenvalue weighted by Gasteiger charge is 2.33. The van der Waals surface area contributed by atoms with Crippen LogP contribution in [0.5, 0.6) is 0 Å². The number of nitrogens with zero attached hydrogens (tertiary/aromatic N) is 2. The van der Waals surface area contributed by atoms with Gasteiger partial charge in [0, 0.05) is 17.8 Å². The zero-order valence-electron chi connectivity index (χ0n) is 14.7. The van der Waals surface area contributed by atoms with Crippen molar-refractivity contribution in [2.75, 3.05) is 17.6 Å². The number of aliphatic hydroxyl groups excluding tert-OH is 1. The van der Waals surface area contributed by atoms with Crippen LogP contribution in [0, 0.1) is 0 Å². The first-order valence-corrected chi connectivity index (χ1v) is 10.3. The van der Waals surface area contributed by atoms with Gasteiger partial charge in [0.05, 0.1) is 23.7 Å². The predicted molar refractivity (Wildman–Crippen MR) is 101 cm³/mol. The molecule has 2 atom stereocenters. The molecule has 0 radical (unpaired) electrons. The van der Waals surface area contributed by atoms with Gasteiger partial charge < -0.3 is 15.2 Å². The quantitative estimate of drug-likeness (QED) is 0.597. The van der Waals surface area contributed by atoms with Gasteiger partial charge in [-0.25, -0.2) is 9.97 Å². The summed E-state index contributed by atoms with van der Waals surface area (Å²) >= 11 is 3.35. The molecule has 3 rings (SSSR count). The van der Waals surface area contributed by atoms with Gasteiger partial charge in [-0.2, -0.15) is 0 Å². The van der Waals surface area contributed by atoms with E-state index in [9.17, 15) is 5.11 Å². The standard InChI is InChI=1S/C17H25N3O2S2/c1-5-17(4)7-11-12(9-22-17)24-15-13(11)14(18-8-10(3)21)19-16(20-15)23-6-2/h10,21H,5-9H2,1-4H3,(H,18,19,20). The van der Waals surface area contributed by atoms with Crippen LogP contribution in [0.2, 0.25) is 0 Å². The number of aliphatic hydroxyl groups is 1. The number of thioether (sulfide) groups is 1. The monoisotopic (exact) mass is 367 g/mol. The second-order valence-corrected chi connectivity index (χ2v) is 8.79. The van der Waals surface area contributed by atoms with Crippen molar-refractivity contribution in [2.45, 2.75) is 64.0 Å². The lowest BCUT2D eigenvalue weighted by molar-refractivity contribution is -0.0542. The minimum absolute atomic E-state index is 0.126. The summed E-state index contributed by atoms with van der Waals surface area (Å²) in [5.41, 5.74) is 1.19. The third-order valence-corrected chi connectivity index (χ3v) is 6.23. The molecule has 1 aliphatic heterocycles. The minimum Gasteiger partial charge on any atom is -0.392 e. The number of hydrogen-bond donors (Lipinski definition) is 2. The molecule has 7 heteroatoms. The van der Waals surface area contributed by atoms with Crippen LogP contribution in [0.25, 0.3) is 10.2 Å². The number of nitrogens with one attached hydrogen (secondary N) is 1. The van der Waals surface area contributed by atoms with E-state index in [1.807, 2.05) is 0 Å². The number of hydrogen-bond acceptors (Lipinski definition) is 7. The van der Waals surface area contributed by atoms with Crippen LogP contribution in [0.4, 0.5) is 5.82 Å². The van der Waals surface area contributed by atoms with Gasteiger partial charge in [0.15, 0.2) is 5.16 Å². The zero-order valence-corrected chi connectivity index (χ0v) is 16.3. The van der Waals surface area contributed by atoms with Gasteiger partial charge in [-0.05, 0) is 31.6 Å². The Morgan fingerprint density at radius 1 is 1.42 bits per heavy atom. The molecular formula is C17H25N3O2S2. The molecular weight excluding hydrogens is 342 g/mol. The van der Waals surface area contributed by atoms with Crippen LogP contribution in [0.3, 0.4) is 0 Å². The molecule has 0 aliphatic carbocycles. The highest BCUT2D eigenvalue weighted by molar-refractivity contribution is 7.99. The van der Waals surface area contributed by atoms with E-state index in [2.05, 4.69) is 26.1 Å². The molecule has 0 saturated carbocycles. The van der Waals surface area contributed by atoms with Crippen LogP contribution >= 0.6 is 23.1 Å². The van der Waals surface area contributed by atoms with E-state index < -0.39 is 6.10 Å². The number of anilines is 1.